The molecule has 0 spiro atoms. The zero-order valence-corrected chi connectivity index (χ0v) is 12.8. The second-order valence-electron chi connectivity index (χ2n) is 6.06. The monoisotopic (exact) mass is 263 g/mol. The zero-order valence-electron chi connectivity index (χ0n) is 12.8. The fourth-order valence-corrected chi connectivity index (χ4v) is 3.58. The Labute approximate surface area is 117 Å². The minimum Gasteiger partial charge on any atom is -0.319 e. The van der Waals surface area contributed by atoms with E-state index in [4.69, 9.17) is 5.10 Å². The van der Waals surface area contributed by atoms with Gasteiger partial charge in [0.25, 0.3) is 0 Å². The van der Waals surface area contributed by atoms with E-state index in [0.717, 1.165) is 19.5 Å². The number of aryl methyl sites for hydroxylation is 2. The van der Waals surface area contributed by atoms with E-state index in [1.807, 2.05) is 0 Å². The van der Waals surface area contributed by atoms with Crippen LogP contribution < -0.4 is 5.32 Å². The molecule has 0 bridgehead atoms. The summed E-state index contributed by atoms with van der Waals surface area (Å²) in [6, 6.07) is 2.33. The number of nitrogens with zero attached hydrogens (tertiary/aromatic N) is 2. The Bertz CT molecular complexity index is 383. The van der Waals surface area contributed by atoms with Gasteiger partial charge in [0.05, 0.1) is 5.69 Å². The first-order valence-electron chi connectivity index (χ1n) is 7.93. The second-order valence-corrected chi connectivity index (χ2v) is 6.06. The van der Waals surface area contributed by atoms with Gasteiger partial charge >= 0.3 is 0 Å². The van der Waals surface area contributed by atoms with Gasteiger partial charge in [-0.25, -0.2) is 0 Å². The van der Waals surface area contributed by atoms with Crippen LogP contribution in [0.5, 0.6) is 0 Å². The largest absolute Gasteiger partial charge is 0.319 e. The van der Waals surface area contributed by atoms with Crippen molar-refractivity contribution in [3.05, 3.63) is 17.5 Å². The molecule has 1 aliphatic rings. The zero-order chi connectivity index (χ0) is 13.7. The molecule has 1 N–H and O–H groups in total. The number of hydrogen-bond acceptors (Lipinski definition) is 2. The summed E-state index contributed by atoms with van der Waals surface area (Å²) in [4.78, 5) is 0. The lowest BCUT2D eigenvalue weighted by molar-refractivity contribution is 0.181. The topological polar surface area (TPSA) is 29.9 Å². The van der Waals surface area contributed by atoms with Crippen molar-refractivity contribution in [3.8, 4) is 0 Å². The van der Waals surface area contributed by atoms with Crippen molar-refractivity contribution in [2.45, 2.75) is 65.3 Å². The van der Waals surface area contributed by atoms with Gasteiger partial charge in [0.2, 0.25) is 0 Å². The second kappa shape index (κ2) is 6.56. The minimum atomic E-state index is 0.463. The first-order chi connectivity index (χ1) is 9.23. The van der Waals surface area contributed by atoms with E-state index < -0.39 is 0 Å². The van der Waals surface area contributed by atoms with Crippen LogP contribution in [0.2, 0.25) is 0 Å². The summed E-state index contributed by atoms with van der Waals surface area (Å²) in [5.41, 5.74) is 3.15. The average Bonchev–Trinajstić information content (AvgIpc) is 2.82. The summed E-state index contributed by atoms with van der Waals surface area (Å²) >= 11 is 0. The normalized spacial score (nSPS) is 18.7. The summed E-state index contributed by atoms with van der Waals surface area (Å²) in [5.74, 6) is 0. The van der Waals surface area contributed by atoms with E-state index in [-0.39, 0.29) is 0 Å². The van der Waals surface area contributed by atoms with Crippen molar-refractivity contribution in [3.63, 3.8) is 0 Å². The lowest BCUT2D eigenvalue weighted by Crippen LogP contribution is -2.37. The summed E-state index contributed by atoms with van der Waals surface area (Å²) in [6.45, 7) is 6.52. The number of aromatic nitrogens is 2. The summed E-state index contributed by atoms with van der Waals surface area (Å²) < 4.78 is 2.21. The van der Waals surface area contributed by atoms with Gasteiger partial charge in [-0.3, -0.25) is 4.68 Å². The van der Waals surface area contributed by atoms with Gasteiger partial charge in [-0.15, -0.1) is 0 Å². The highest BCUT2D eigenvalue weighted by Gasteiger charge is 2.32. The van der Waals surface area contributed by atoms with Crippen molar-refractivity contribution in [1.82, 2.24) is 15.1 Å². The lowest BCUT2D eigenvalue weighted by Gasteiger charge is -2.37. The molecule has 1 aromatic rings. The van der Waals surface area contributed by atoms with Crippen molar-refractivity contribution in [2.75, 3.05) is 13.6 Å². The molecule has 0 atom stereocenters. The third-order valence-electron chi connectivity index (χ3n) is 4.60. The predicted molar refractivity (Wildman–Crippen MR) is 80.4 cm³/mol. The van der Waals surface area contributed by atoms with Crippen LogP contribution in [0.3, 0.4) is 0 Å². The lowest BCUT2D eigenvalue weighted by atomic mass is 9.71. The maximum absolute atomic E-state index is 4.70. The summed E-state index contributed by atoms with van der Waals surface area (Å²) in [7, 11) is 2.09. The van der Waals surface area contributed by atoms with E-state index in [2.05, 4.69) is 37.0 Å². The van der Waals surface area contributed by atoms with Crippen LogP contribution in [0, 0.1) is 5.41 Å². The fourth-order valence-electron chi connectivity index (χ4n) is 3.58. The highest BCUT2D eigenvalue weighted by Crippen LogP contribution is 2.38. The van der Waals surface area contributed by atoms with Gasteiger partial charge in [-0.1, -0.05) is 26.2 Å². The molecule has 1 fully saturated rings. The van der Waals surface area contributed by atoms with Crippen LogP contribution in [0.4, 0.5) is 0 Å². The molecule has 1 aliphatic carbocycles. The van der Waals surface area contributed by atoms with Gasteiger partial charge in [0, 0.05) is 18.8 Å². The Hall–Kier alpha value is -0.830. The van der Waals surface area contributed by atoms with E-state index >= 15 is 0 Å². The quantitative estimate of drug-likeness (QED) is 0.854. The van der Waals surface area contributed by atoms with Gasteiger partial charge in [-0.05, 0) is 51.1 Å². The Kier molecular flexibility index (Phi) is 5.03. The van der Waals surface area contributed by atoms with Gasteiger partial charge in [0.1, 0.15) is 0 Å². The summed E-state index contributed by atoms with van der Waals surface area (Å²) in [6.07, 6.45) is 9.16. The van der Waals surface area contributed by atoms with Crippen LogP contribution in [0.25, 0.3) is 0 Å². The first kappa shape index (κ1) is 14.6. The smallest absolute Gasteiger partial charge is 0.0624 e. The van der Waals surface area contributed by atoms with E-state index in [1.54, 1.807) is 0 Å². The van der Waals surface area contributed by atoms with Crippen molar-refractivity contribution >= 4 is 0 Å². The maximum atomic E-state index is 4.70. The Morgan fingerprint density at radius 2 is 2.00 bits per heavy atom. The standard InChI is InChI=1S/C16H29N3/c1-4-14-11-15(19(5-2)18-14)12-16(13-17-3)9-7-6-8-10-16/h11,17H,4-10,12-13H2,1-3H3. The van der Waals surface area contributed by atoms with Gasteiger partial charge < -0.3 is 5.32 Å². The first-order valence-corrected chi connectivity index (χ1v) is 7.93. The molecule has 0 amide bonds. The van der Waals surface area contributed by atoms with Gasteiger partial charge in [-0.2, -0.15) is 5.10 Å². The molecule has 1 heterocycles. The number of nitrogens with one attached hydrogen (secondary N) is 1. The molecular formula is C16H29N3. The fraction of sp³-hybridized carbons (Fsp3) is 0.812. The predicted octanol–water partition coefficient (Wildman–Crippen LogP) is 3.18. The third kappa shape index (κ3) is 3.38. The summed E-state index contributed by atoms with van der Waals surface area (Å²) in [5, 5.41) is 8.13. The van der Waals surface area contributed by atoms with Crippen molar-refractivity contribution in [2.24, 2.45) is 5.41 Å². The molecule has 1 aromatic heterocycles. The van der Waals surface area contributed by atoms with Crippen LogP contribution >= 0.6 is 0 Å². The van der Waals surface area contributed by atoms with Crippen LogP contribution in [-0.4, -0.2) is 23.4 Å². The molecule has 1 saturated carbocycles. The SMILES string of the molecule is CCc1cc(CC2(CNC)CCCCC2)n(CC)n1. The van der Waals surface area contributed by atoms with Crippen molar-refractivity contribution < 1.29 is 0 Å². The number of rotatable bonds is 6. The van der Waals surface area contributed by atoms with Crippen molar-refractivity contribution in [1.29, 1.82) is 0 Å². The molecule has 3 nitrogen and oxygen atoms in total. The van der Waals surface area contributed by atoms with Gasteiger partial charge in [0.15, 0.2) is 0 Å². The Balaban J connectivity index is 2.18. The number of hydrogen-bond donors (Lipinski definition) is 1. The Morgan fingerprint density at radius 3 is 2.58 bits per heavy atom. The van der Waals surface area contributed by atoms with Crippen LogP contribution in [0.15, 0.2) is 6.07 Å². The molecule has 0 aliphatic heterocycles. The maximum Gasteiger partial charge on any atom is 0.0624 e. The molecule has 108 valence electrons. The molecule has 19 heavy (non-hydrogen) atoms. The highest BCUT2D eigenvalue weighted by atomic mass is 15.3. The van der Waals surface area contributed by atoms with Crippen LogP contribution in [0.1, 0.15) is 57.3 Å². The Morgan fingerprint density at radius 1 is 1.26 bits per heavy atom. The van der Waals surface area contributed by atoms with E-state index in [0.29, 0.717) is 5.41 Å². The minimum absolute atomic E-state index is 0.463. The van der Waals surface area contributed by atoms with E-state index in [1.165, 1.54) is 49.9 Å². The molecule has 0 aromatic carbocycles. The van der Waals surface area contributed by atoms with Crippen LogP contribution in [-0.2, 0) is 19.4 Å². The third-order valence-corrected chi connectivity index (χ3v) is 4.60. The average molecular weight is 263 g/mol. The molecule has 2 rings (SSSR count). The van der Waals surface area contributed by atoms with E-state index in [9.17, 15) is 0 Å². The molecule has 3 heteroatoms. The highest BCUT2D eigenvalue weighted by molar-refractivity contribution is 5.13. The molecule has 0 radical (unpaired) electrons. The molecule has 0 unspecified atom stereocenters. The molecular weight excluding hydrogens is 234 g/mol. The molecule has 0 saturated heterocycles.